The van der Waals surface area contributed by atoms with Gasteiger partial charge in [-0.1, -0.05) is 13.3 Å². The lowest BCUT2D eigenvalue weighted by molar-refractivity contribution is 0.615. The lowest BCUT2D eigenvalue weighted by atomic mass is 9.97. The van der Waals surface area contributed by atoms with Gasteiger partial charge < -0.3 is 5.32 Å². The summed E-state index contributed by atoms with van der Waals surface area (Å²) in [7, 11) is 0. The molecule has 1 unspecified atom stereocenters. The Morgan fingerprint density at radius 1 is 1.57 bits per heavy atom. The minimum Gasteiger partial charge on any atom is -0.383 e. The lowest BCUT2D eigenvalue weighted by Crippen LogP contribution is -2.00. The van der Waals surface area contributed by atoms with Gasteiger partial charge >= 0.3 is 0 Å². The Kier molecular flexibility index (Phi) is 2.77. The molecule has 1 atom stereocenters. The minimum absolute atomic E-state index is 0.152. The molecular formula is C11H13BrFN. The predicted octanol–water partition coefficient (Wildman–Crippen LogP) is 3.90. The molecule has 1 aliphatic heterocycles. The number of halogens is 2. The van der Waals surface area contributed by atoms with Gasteiger partial charge in [-0.15, -0.1) is 0 Å². The van der Waals surface area contributed by atoms with E-state index in [1.165, 1.54) is 6.07 Å². The van der Waals surface area contributed by atoms with Crippen molar-refractivity contribution in [3.8, 4) is 0 Å². The summed E-state index contributed by atoms with van der Waals surface area (Å²) in [6, 6.07) is 3.17. The highest BCUT2D eigenvalue weighted by atomic mass is 79.9. The van der Waals surface area contributed by atoms with Crippen LogP contribution in [0.15, 0.2) is 16.6 Å². The van der Waals surface area contributed by atoms with Gasteiger partial charge in [0, 0.05) is 16.9 Å². The maximum atomic E-state index is 13.2. The van der Waals surface area contributed by atoms with E-state index in [-0.39, 0.29) is 5.82 Å². The Morgan fingerprint density at radius 3 is 3.07 bits per heavy atom. The lowest BCUT2D eigenvalue weighted by Gasteiger charge is -2.08. The van der Waals surface area contributed by atoms with E-state index in [0.29, 0.717) is 5.92 Å². The quantitative estimate of drug-likeness (QED) is 0.848. The first-order chi connectivity index (χ1) is 6.72. The molecule has 1 aliphatic rings. The summed E-state index contributed by atoms with van der Waals surface area (Å²) in [6.45, 7) is 3.09. The van der Waals surface area contributed by atoms with Crippen molar-refractivity contribution in [2.45, 2.75) is 25.7 Å². The van der Waals surface area contributed by atoms with Gasteiger partial charge in [0.2, 0.25) is 0 Å². The van der Waals surface area contributed by atoms with E-state index >= 15 is 0 Å². The fraction of sp³-hybridized carbons (Fsp3) is 0.455. The summed E-state index contributed by atoms with van der Waals surface area (Å²) in [5.41, 5.74) is 2.20. The van der Waals surface area contributed by atoms with Crippen LogP contribution in [-0.2, 0) is 0 Å². The number of anilines is 1. The Bertz CT molecular complexity index is 351. The van der Waals surface area contributed by atoms with Gasteiger partial charge in [0.15, 0.2) is 0 Å². The van der Waals surface area contributed by atoms with E-state index in [9.17, 15) is 4.39 Å². The molecule has 0 aromatic heterocycles. The summed E-state index contributed by atoms with van der Waals surface area (Å²) >= 11 is 3.37. The zero-order valence-electron chi connectivity index (χ0n) is 8.11. The molecule has 0 bridgehead atoms. The van der Waals surface area contributed by atoms with E-state index in [0.717, 1.165) is 35.1 Å². The van der Waals surface area contributed by atoms with Gasteiger partial charge in [0.1, 0.15) is 5.82 Å². The van der Waals surface area contributed by atoms with E-state index in [1.54, 1.807) is 6.07 Å². The van der Waals surface area contributed by atoms with Crippen molar-refractivity contribution >= 4 is 21.6 Å². The second-order valence-corrected chi connectivity index (χ2v) is 4.57. The Hall–Kier alpha value is -0.570. The van der Waals surface area contributed by atoms with E-state index in [4.69, 9.17) is 0 Å². The summed E-state index contributed by atoms with van der Waals surface area (Å²) in [5.74, 6) is 0.322. The number of hydrogen-bond acceptors (Lipinski definition) is 1. The van der Waals surface area contributed by atoms with Gasteiger partial charge in [-0.05, 0) is 40.0 Å². The smallest absolute Gasteiger partial charge is 0.124 e. The van der Waals surface area contributed by atoms with Gasteiger partial charge in [-0.2, -0.15) is 0 Å². The summed E-state index contributed by atoms with van der Waals surface area (Å²) < 4.78 is 14.0. The van der Waals surface area contributed by atoms with Gasteiger partial charge in [0.05, 0.1) is 5.69 Å². The molecule has 0 fully saturated rings. The third kappa shape index (κ3) is 1.65. The Morgan fingerprint density at radius 2 is 2.36 bits per heavy atom. The van der Waals surface area contributed by atoms with Crippen LogP contribution in [0.1, 0.15) is 31.2 Å². The number of fused-ring (bicyclic) bond motifs is 1. The largest absolute Gasteiger partial charge is 0.383 e. The highest BCUT2D eigenvalue weighted by Crippen LogP contribution is 2.39. The van der Waals surface area contributed by atoms with Crippen LogP contribution in [0, 0.1) is 5.82 Å². The maximum Gasteiger partial charge on any atom is 0.124 e. The highest BCUT2D eigenvalue weighted by Gasteiger charge is 2.23. The molecule has 0 radical (unpaired) electrons. The molecule has 1 aromatic rings. The van der Waals surface area contributed by atoms with Crippen LogP contribution in [0.2, 0.25) is 0 Å². The Labute approximate surface area is 91.8 Å². The van der Waals surface area contributed by atoms with E-state index in [1.807, 2.05) is 0 Å². The zero-order chi connectivity index (χ0) is 10.1. The number of benzene rings is 1. The minimum atomic E-state index is -0.152. The monoisotopic (exact) mass is 257 g/mol. The molecule has 1 nitrogen and oxygen atoms in total. The first-order valence-corrected chi connectivity index (χ1v) is 5.74. The highest BCUT2D eigenvalue weighted by molar-refractivity contribution is 9.10. The molecule has 76 valence electrons. The fourth-order valence-corrected chi connectivity index (χ4v) is 2.63. The van der Waals surface area contributed by atoms with Crippen molar-refractivity contribution in [3.63, 3.8) is 0 Å². The number of rotatable bonds is 2. The molecule has 2 rings (SSSR count). The second-order valence-electron chi connectivity index (χ2n) is 3.72. The molecule has 0 amide bonds. The van der Waals surface area contributed by atoms with Crippen molar-refractivity contribution in [1.82, 2.24) is 0 Å². The van der Waals surface area contributed by atoms with Crippen LogP contribution in [-0.4, -0.2) is 6.54 Å². The average molecular weight is 258 g/mol. The first kappa shape index (κ1) is 9.97. The molecule has 0 aliphatic carbocycles. The van der Waals surface area contributed by atoms with Gasteiger partial charge in [-0.3, -0.25) is 0 Å². The Balaban J connectivity index is 2.38. The molecule has 0 spiro atoms. The van der Waals surface area contributed by atoms with Crippen LogP contribution in [0.25, 0.3) is 0 Å². The van der Waals surface area contributed by atoms with Crippen molar-refractivity contribution in [2.75, 3.05) is 11.9 Å². The standard InChI is InChI=1S/C11H13BrFN/c1-2-3-7-6-14-11-9(7)4-8(13)5-10(11)12/h4-5,7,14H,2-3,6H2,1H3. The van der Waals surface area contributed by atoms with Crippen LogP contribution in [0.4, 0.5) is 10.1 Å². The third-order valence-electron chi connectivity index (χ3n) is 2.69. The van der Waals surface area contributed by atoms with Crippen LogP contribution in [0.5, 0.6) is 0 Å². The maximum absolute atomic E-state index is 13.2. The third-order valence-corrected chi connectivity index (χ3v) is 3.31. The van der Waals surface area contributed by atoms with Crippen molar-refractivity contribution in [2.24, 2.45) is 0 Å². The predicted molar refractivity (Wildman–Crippen MR) is 60.2 cm³/mol. The molecule has 0 saturated heterocycles. The van der Waals surface area contributed by atoms with Crippen molar-refractivity contribution in [3.05, 3.63) is 28.0 Å². The topological polar surface area (TPSA) is 12.0 Å². The molecule has 1 N–H and O–H groups in total. The molecular weight excluding hydrogens is 245 g/mol. The van der Waals surface area contributed by atoms with E-state index < -0.39 is 0 Å². The van der Waals surface area contributed by atoms with Gasteiger partial charge in [0.25, 0.3) is 0 Å². The number of hydrogen-bond donors (Lipinski definition) is 1. The van der Waals surface area contributed by atoms with Gasteiger partial charge in [-0.25, -0.2) is 4.39 Å². The normalized spacial score (nSPS) is 19.2. The van der Waals surface area contributed by atoms with E-state index in [2.05, 4.69) is 28.2 Å². The molecule has 14 heavy (non-hydrogen) atoms. The average Bonchev–Trinajstić information content (AvgIpc) is 2.49. The summed E-state index contributed by atoms with van der Waals surface area (Å²) in [5, 5.41) is 3.32. The SMILES string of the molecule is CCCC1CNc2c(Br)cc(F)cc21. The number of nitrogens with one attached hydrogen (secondary N) is 1. The second kappa shape index (κ2) is 3.89. The van der Waals surface area contributed by atoms with Crippen molar-refractivity contribution < 1.29 is 4.39 Å². The molecule has 1 heterocycles. The molecule has 3 heteroatoms. The van der Waals surface area contributed by atoms with Crippen LogP contribution in [0.3, 0.4) is 0 Å². The fourth-order valence-electron chi connectivity index (χ4n) is 2.04. The zero-order valence-corrected chi connectivity index (χ0v) is 9.70. The van der Waals surface area contributed by atoms with Crippen LogP contribution >= 0.6 is 15.9 Å². The van der Waals surface area contributed by atoms with Crippen LogP contribution < -0.4 is 5.32 Å². The first-order valence-electron chi connectivity index (χ1n) is 4.95. The van der Waals surface area contributed by atoms with Crippen molar-refractivity contribution in [1.29, 1.82) is 0 Å². The molecule has 0 saturated carbocycles. The molecule has 1 aromatic carbocycles. The summed E-state index contributed by atoms with van der Waals surface area (Å²) in [4.78, 5) is 0. The summed E-state index contributed by atoms with van der Waals surface area (Å²) in [6.07, 6.45) is 2.26.